The number of hydrogen-bond donors (Lipinski definition) is 1. The van der Waals surface area contributed by atoms with Gasteiger partial charge in [0.1, 0.15) is 0 Å². The molecule has 4 unspecified atom stereocenters. The molecule has 1 aromatic rings. The van der Waals surface area contributed by atoms with Gasteiger partial charge in [0.2, 0.25) is 0 Å². The molecule has 1 N–H and O–H groups in total. The highest BCUT2D eigenvalue weighted by molar-refractivity contribution is 5.32. The number of likely N-dealkylation sites (tertiary alicyclic amines) is 1. The number of benzene rings is 1. The summed E-state index contributed by atoms with van der Waals surface area (Å²) in [6.07, 6.45) is 1.19. The first-order valence-electron chi connectivity index (χ1n) is 7.47. The Morgan fingerprint density at radius 1 is 1.30 bits per heavy atom. The van der Waals surface area contributed by atoms with Crippen LogP contribution in [0.4, 0.5) is 0 Å². The van der Waals surface area contributed by atoms with Crippen LogP contribution < -0.4 is 5.32 Å². The molecule has 0 spiro atoms. The van der Waals surface area contributed by atoms with Crippen molar-refractivity contribution in [3.63, 3.8) is 0 Å². The molecular weight excluding hydrogens is 246 g/mol. The predicted molar refractivity (Wildman–Crippen MR) is 82.4 cm³/mol. The Morgan fingerprint density at radius 2 is 1.95 bits per heavy atom. The molecule has 1 aliphatic rings. The third-order valence-electron chi connectivity index (χ3n) is 4.61. The van der Waals surface area contributed by atoms with Gasteiger partial charge in [-0.05, 0) is 50.9 Å². The molecule has 4 atom stereocenters. The molecule has 1 aromatic carbocycles. The molecule has 0 radical (unpaired) electrons. The van der Waals surface area contributed by atoms with Crippen molar-refractivity contribution in [1.82, 2.24) is 10.2 Å². The van der Waals surface area contributed by atoms with Crippen LogP contribution in [-0.4, -0.2) is 30.6 Å². The van der Waals surface area contributed by atoms with Gasteiger partial charge < -0.3 is 10.2 Å². The zero-order chi connectivity index (χ0) is 14.7. The highest BCUT2D eigenvalue weighted by Crippen LogP contribution is 2.24. The van der Waals surface area contributed by atoms with Crippen LogP contribution in [0.3, 0.4) is 0 Å². The van der Waals surface area contributed by atoms with Crippen LogP contribution >= 0.6 is 0 Å². The number of nitrogens with zero attached hydrogens (tertiary/aromatic N) is 2. The molecule has 0 aromatic heterocycles. The molecule has 20 heavy (non-hydrogen) atoms. The number of nitrogens with one attached hydrogen (secondary N) is 1. The van der Waals surface area contributed by atoms with Gasteiger partial charge in [-0.3, -0.25) is 0 Å². The zero-order valence-corrected chi connectivity index (χ0v) is 12.9. The van der Waals surface area contributed by atoms with E-state index in [1.165, 1.54) is 12.0 Å². The molecule has 0 amide bonds. The highest BCUT2D eigenvalue weighted by atomic mass is 15.2. The largest absolute Gasteiger partial charge is 0.307 e. The lowest BCUT2D eigenvalue weighted by Gasteiger charge is -2.41. The maximum atomic E-state index is 8.85. The molecule has 1 fully saturated rings. The summed E-state index contributed by atoms with van der Waals surface area (Å²) in [6.45, 7) is 7.98. The number of piperidine rings is 1. The maximum absolute atomic E-state index is 8.85. The van der Waals surface area contributed by atoms with E-state index in [4.69, 9.17) is 5.26 Å². The molecule has 0 aliphatic carbocycles. The Labute approximate surface area is 122 Å². The Morgan fingerprint density at radius 3 is 2.55 bits per heavy atom. The topological polar surface area (TPSA) is 39.1 Å². The van der Waals surface area contributed by atoms with Gasteiger partial charge in [-0.2, -0.15) is 5.26 Å². The second-order valence-electron chi connectivity index (χ2n) is 6.23. The molecule has 0 bridgehead atoms. The Balaban J connectivity index is 1.99. The van der Waals surface area contributed by atoms with Crippen molar-refractivity contribution in [2.75, 3.05) is 13.6 Å². The summed E-state index contributed by atoms with van der Waals surface area (Å²) in [6, 6.07) is 11.6. The van der Waals surface area contributed by atoms with E-state index in [2.05, 4.69) is 56.2 Å². The van der Waals surface area contributed by atoms with E-state index in [1.54, 1.807) is 0 Å². The standard InChI is InChI=1S/C17H25N3/c1-12-11-20(4)13(2)9-17(12)19-14(3)16-7-5-15(10-18)6-8-16/h5-8,12-14,17,19H,9,11H2,1-4H3. The summed E-state index contributed by atoms with van der Waals surface area (Å²) < 4.78 is 0. The number of nitriles is 1. The molecule has 1 heterocycles. The first kappa shape index (κ1) is 15.0. The minimum absolute atomic E-state index is 0.325. The summed E-state index contributed by atoms with van der Waals surface area (Å²) in [5, 5.41) is 12.6. The van der Waals surface area contributed by atoms with Gasteiger partial charge in [0.15, 0.2) is 0 Å². The van der Waals surface area contributed by atoms with Crippen molar-refractivity contribution in [2.24, 2.45) is 5.92 Å². The van der Waals surface area contributed by atoms with Crippen molar-refractivity contribution in [1.29, 1.82) is 5.26 Å². The summed E-state index contributed by atoms with van der Waals surface area (Å²) in [5.74, 6) is 0.664. The van der Waals surface area contributed by atoms with Crippen LogP contribution in [0.1, 0.15) is 44.4 Å². The lowest BCUT2D eigenvalue weighted by Crippen LogP contribution is -2.51. The molecule has 1 aliphatic heterocycles. The van der Waals surface area contributed by atoms with E-state index < -0.39 is 0 Å². The van der Waals surface area contributed by atoms with Gasteiger partial charge in [0, 0.05) is 24.7 Å². The quantitative estimate of drug-likeness (QED) is 0.918. The second kappa shape index (κ2) is 6.39. The van der Waals surface area contributed by atoms with Gasteiger partial charge in [-0.1, -0.05) is 19.1 Å². The maximum Gasteiger partial charge on any atom is 0.0991 e. The third-order valence-corrected chi connectivity index (χ3v) is 4.61. The monoisotopic (exact) mass is 271 g/mol. The van der Waals surface area contributed by atoms with Gasteiger partial charge in [0.05, 0.1) is 11.6 Å². The smallest absolute Gasteiger partial charge is 0.0991 e. The minimum Gasteiger partial charge on any atom is -0.307 e. The number of hydrogen-bond acceptors (Lipinski definition) is 3. The van der Waals surface area contributed by atoms with Gasteiger partial charge in [-0.25, -0.2) is 0 Å². The fourth-order valence-corrected chi connectivity index (χ4v) is 3.04. The fourth-order valence-electron chi connectivity index (χ4n) is 3.04. The van der Waals surface area contributed by atoms with Crippen molar-refractivity contribution in [3.05, 3.63) is 35.4 Å². The van der Waals surface area contributed by atoms with E-state index in [-0.39, 0.29) is 0 Å². The van der Waals surface area contributed by atoms with Crippen LogP contribution in [0.2, 0.25) is 0 Å². The Kier molecular flexibility index (Phi) is 4.80. The minimum atomic E-state index is 0.325. The normalized spacial score (nSPS) is 28.9. The SMILES string of the molecule is CC(NC1CC(C)N(C)CC1C)c1ccc(C#N)cc1. The lowest BCUT2D eigenvalue weighted by atomic mass is 9.89. The van der Waals surface area contributed by atoms with Gasteiger partial charge in [-0.15, -0.1) is 0 Å². The van der Waals surface area contributed by atoms with Crippen LogP contribution in [0, 0.1) is 17.2 Å². The number of rotatable bonds is 3. The van der Waals surface area contributed by atoms with Gasteiger partial charge >= 0.3 is 0 Å². The molecular formula is C17H25N3. The fraction of sp³-hybridized carbons (Fsp3) is 0.588. The average molecular weight is 271 g/mol. The van der Waals surface area contributed by atoms with Gasteiger partial charge in [0.25, 0.3) is 0 Å². The average Bonchev–Trinajstić information content (AvgIpc) is 2.44. The summed E-state index contributed by atoms with van der Waals surface area (Å²) in [4.78, 5) is 2.44. The predicted octanol–water partition coefficient (Wildman–Crippen LogP) is 2.94. The van der Waals surface area contributed by atoms with E-state index in [0.717, 1.165) is 12.1 Å². The highest BCUT2D eigenvalue weighted by Gasteiger charge is 2.29. The second-order valence-corrected chi connectivity index (χ2v) is 6.23. The van der Waals surface area contributed by atoms with Crippen LogP contribution in [0.15, 0.2) is 24.3 Å². The van der Waals surface area contributed by atoms with E-state index in [1.807, 2.05) is 12.1 Å². The Hall–Kier alpha value is -1.37. The molecule has 3 nitrogen and oxygen atoms in total. The first-order chi connectivity index (χ1) is 9.51. The molecule has 108 valence electrons. The van der Waals surface area contributed by atoms with Crippen molar-refractivity contribution in [2.45, 2.75) is 45.3 Å². The van der Waals surface area contributed by atoms with Crippen LogP contribution in [0.25, 0.3) is 0 Å². The van der Waals surface area contributed by atoms with Crippen molar-refractivity contribution in [3.8, 4) is 6.07 Å². The Bertz CT molecular complexity index is 474. The van der Waals surface area contributed by atoms with Crippen LogP contribution in [-0.2, 0) is 0 Å². The molecule has 1 saturated heterocycles. The van der Waals surface area contributed by atoms with E-state index in [0.29, 0.717) is 24.0 Å². The summed E-state index contributed by atoms with van der Waals surface area (Å²) in [7, 11) is 2.21. The first-order valence-corrected chi connectivity index (χ1v) is 7.47. The van der Waals surface area contributed by atoms with Crippen LogP contribution in [0.5, 0.6) is 0 Å². The lowest BCUT2D eigenvalue weighted by molar-refractivity contribution is 0.116. The molecule has 2 rings (SSSR count). The van der Waals surface area contributed by atoms with E-state index >= 15 is 0 Å². The van der Waals surface area contributed by atoms with E-state index in [9.17, 15) is 0 Å². The zero-order valence-electron chi connectivity index (χ0n) is 12.9. The molecule has 0 saturated carbocycles. The summed E-state index contributed by atoms with van der Waals surface area (Å²) in [5.41, 5.74) is 1.98. The van der Waals surface area contributed by atoms with Crippen molar-refractivity contribution < 1.29 is 0 Å². The van der Waals surface area contributed by atoms with Crippen molar-refractivity contribution >= 4 is 0 Å². The third kappa shape index (κ3) is 3.39. The molecule has 3 heteroatoms. The summed E-state index contributed by atoms with van der Waals surface area (Å²) >= 11 is 0.